The zero-order chi connectivity index (χ0) is 17.0. The monoisotopic (exact) mass is 353 g/mol. The maximum absolute atomic E-state index is 12.9. The summed E-state index contributed by atoms with van der Waals surface area (Å²) in [6.07, 6.45) is 1.08. The second-order valence-corrected chi connectivity index (χ2v) is 7.15. The molecule has 0 bridgehead atoms. The Kier molecular flexibility index (Phi) is 5.17. The number of rotatable bonds is 4. The van der Waals surface area contributed by atoms with Crippen LogP contribution in [0.5, 0.6) is 0 Å². The lowest BCUT2D eigenvalue weighted by Crippen LogP contribution is -2.20. The van der Waals surface area contributed by atoms with Crippen molar-refractivity contribution in [1.29, 1.82) is 0 Å². The van der Waals surface area contributed by atoms with Gasteiger partial charge in [0, 0.05) is 11.4 Å². The predicted molar refractivity (Wildman–Crippen MR) is 95.9 cm³/mol. The molecule has 2 rings (SSSR count). The maximum atomic E-state index is 12.9. The summed E-state index contributed by atoms with van der Waals surface area (Å²) < 4.78 is 37.9. The summed E-state index contributed by atoms with van der Waals surface area (Å²) in [5, 5.41) is 6.23. The van der Waals surface area contributed by atoms with E-state index in [1.807, 2.05) is 6.92 Å². The van der Waals surface area contributed by atoms with Gasteiger partial charge in [0.1, 0.15) is 5.82 Å². The summed E-state index contributed by atoms with van der Waals surface area (Å²) in [5.41, 5.74) is 2.64. The zero-order valence-electron chi connectivity index (χ0n) is 12.6. The Balaban J connectivity index is 2.10. The standard InChI is InChI=1S/C15H16FN3O2S2/c1-10-3-6-13(19-23(2,20)21)9-14(10)18-15(22)17-12-7-4-11(16)5-8-12/h3-9,19H,1-2H3,(H2,17,18,22). The molecule has 0 unspecified atom stereocenters. The van der Waals surface area contributed by atoms with Gasteiger partial charge in [0.25, 0.3) is 0 Å². The van der Waals surface area contributed by atoms with Gasteiger partial charge in [-0.25, -0.2) is 12.8 Å². The molecule has 0 aliphatic rings. The molecule has 0 spiro atoms. The molecule has 0 aliphatic heterocycles. The summed E-state index contributed by atoms with van der Waals surface area (Å²) >= 11 is 5.21. The Bertz CT molecular complexity index is 821. The first-order valence-corrected chi connectivity index (χ1v) is 8.95. The topological polar surface area (TPSA) is 70.2 Å². The van der Waals surface area contributed by atoms with Gasteiger partial charge in [-0.2, -0.15) is 0 Å². The van der Waals surface area contributed by atoms with Gasteiger partial charge in [-0.3, -0.25) is 4.72 Å². The number of benzene rings is 2. The van der Waals surface area contributed by atoms with Gasteiger partial charge in [0.2, 0.25) is 10.0 Å². The third-order valence-electron chi connectivity index (χ3n) is 2.89. The number of hydrogen-bond acceptors (Lipinski definition) is 3. The van der Waals surface area contributed by atoms with Gasteiger partial charge >= 0.3 is 0 Å². The van der Waals surface area contributed by atoms with E-state index >= 15 is 0 Å². The van der Waals surface area contributed by atoms with Crippen LogP contribution in [-0.4, -0.2) is 19.8 Å². The largest absolute Gasteiger partial charge is 0.332 e. The summed E-state index contributed by atoms with van der Waals surface area (Å²) in [6, 6.07) is 10.9. The van der Waals surface area contributed by atoms with Gasteiger partial charge in [-0.05, 0) is 61.1 Å². The first-order chi connectivity index (χ1) is 10.7. The van der Waals surface area contributed by atoms with Crippen molar-refractivity contribution in [3.63, 3.8) is 0 Å². The van der Waals surface area contributed by atoms with Crippen molar-refractivity contribution < 1.29 is 12.8 Å². The fourth-order valence-corrected chi connectivity index (χ4v) is 2.64. The van der Waals surface area contributed by atoms with Crippen LogP contribution in [0.4, 0.5) is 21.5 Å². The molecule has 8 heteroatoms. The van der Waals surface area contributed by atoms with Crippen LogP contribution in [-0.2, 0) is 10.0 Å². The Morgan fingerprint density at radius 3 is 2.26 bits per heavy atom. The van der Waals surface area contributed by atoms with E-state index in [-0.39, 0.29) is 5.82 Å². The quantitative estimate of drug-likeness (QED) is 0.736. The molecule has 0 aliphatic carbocycles. The average molecular weight is 353 g/mol. The molecule has 0 fully saturated rings. The minimum Gasteiger partial charge on any atom is -0.332 e. The number of aryl methyl sites for hydroxylation is 1. The minimum atomic E-state index is -3.35. The Morgan fingerprint density at radius 1 is 1.04 bits per heavy atom. The first kappa shape index (κ1) is 17.2. The van der Waals surface area contributed by atoms with Crippen molar-refractivity contribution in [1.82, 2.24) is 0 Å². The van der Waals surface area contributed by atoms with Crippen molar-refractivity contribution in [3.05, 3.63) is 53.8 Å². The highest BCUT2D eigenvalue weighted by molar-refractivity contribution is 7.92. The van der Waals surface area contributed by atoms with Gasteiger partial charge < -0.3 is 10.6 Å². The number of hydrogen-bond donors (Lipinski definition) is 3. The second kappa shape index (κ2) is 6.93. The molecule has 0 aromatic heterocycles. The minimum absolute atomic E-state index is 0.316. The van der Waals surface area contributed by atoms with Crippen LogP contribution >= 0.6 is 12.2 Å². The number of nitrogens with one attached hydrogen (secondary N) is 3. The molecule has 122 valence electrons. The molecule has 0 atom stereocenters. The molecule has 2 aromatic carbocycles. The predicted octanol–water partition coefficient (Wildman–Crippen LogP) is 3.31. The van der Waals surface area contributed by atoms with Gasteiger partial charge in [0.05, 0.1) is 11.9 Å². The molecule has 3 N–H and O–H groups in total. The molecule has 0 saturated heterocycles. The first-order valence-electron chi connectivity index (χ1n) is 6.65. The van der Waals surface area contributed by atoms with Crippen LogP contribution < -0.4 is 15.4 Å². The smallest absolute Gasteiger partial charge is 0.229 e. The third-order valence-corrected chi connectivity index (χ3v) is 3.70. The summed E-state index contributed by atoms with van der Waals surface area (Å²) in [4.78, 5) is 0. The fourth-order valence-electron chi connectivity index (χ4n) is 1.85. The van der Waals surface area contributed by atoms with Gasteiger partial charge in [-0.1, -0.05) is 6.07 Å². The maximum Gasteiger partial charge on any atom is 0.229 e. The van der Waals surface area contributed by atoms with E-state index in [0.29, 0.717) is 22.2 Å². The molecule has 0 amide bonds. The van der Waals surface area contributed by atoms with E-state index in [9.17, 15) is 12.8 Å². The SMILES string of the molecule is Cc1ccc(NS(C)(=O)=O)cc1NC(=S)Nc1ccc(F)cc1. The van der Waals surface area contributed by atoms with Crippen LogP contribution in [0.3, 0.4) is 0 Å². The van der Waals surface area contributed by atoms with Crippen LogP contribution in [0.15, 0.2) is 42.5 Å². The van der Waals surface area contributed by atoms with Crippen molar-refractivity contribution in [3.8, 4) is 0 Å². The fraction of sp³-hybridized carbons (Fsp3) is 0.133. The Labute approximate surface area is 140 Å². The number of thiocarbonyl (C=S) groups is 1. The van der Waals surface area contributed by atoms with Crippen LogP contribution in [0.1, 0.15) is 5.56 Å². The van der Waals surface area contributed by atoms with E-state index in [1.165, 1.54) is 12.1 Å². The molecular weight excluding hydrogens is 337 g/mol. The highest BCUT2D eigenvalue weighted by atomic mass is 32.2. The summed E-state index contributed by atoms with van der Waals surface area (Å²) in [6.45, 7) is 1.87. The van der Waals surface area contributed by atoms with Crippen molar-refractivity contribution in [2.45, 2.75) is 6.92 Å². The van der Waals surface area contributed by atoms with Crippen LogP contribution in [0.25, 0.3) is 0 Å². The molecule has 2 aromatic rings. The normalized spacial score (nSPS) is 10.9. The van der Waals surface area contributed by atoms with E-state index in [1.54, 1.807) is 30.3 Å². The molecule has 0 heterocycles. The lowest BCUT2D eigenvalue weighted by molar-refractivity contribution is 0.607. The van der Waals surface area contributed by atoms with Crippen molar-refractivity contribution in [2.24, 2.45) is 0 Å². The molecule has 0 saturated carbocycles. The van der Waals surface area contributed by atoms with Crippen LogP contribution in [0.2, 0.25) is 0 Å². The van der Waals surface area contributed by atoms with E-state index in [2.05, 4.69) is 15.4 Å². The number of halogens is 1. The lowest BCUT2D eigenvalue weighted by atomic mass is 10.2. The summed E-state index contributed by atoms with van der Waals surface area (Å²) in [5.74, 6) is -0.329. The van der Waals surface area contributed by atoms with E-state index < -0.39 is 10.0 Å². The van der Waals surface area contributed by atoms with E-state index in [4.69, 9.17) is 12.2 Å². The molecular formula is C15H16FN3O2S2. The van der Waals surface area contributed by atoms with Crippen LogP contribution in [0, 0.1) is 12.7 Å². The highest BCUT2D eigenvalue weighted by Crippen LogP contribution is 2.21. The number of sulfonamides is 1. The third kappa shape index (κ3) is 5.50. The second-order valence-electron chi connectivity index (χ2n) is 4.99. The average Bonchev–Trinajstić information content (AvgIpc) is 2.43. The zero-order valence-corrected chi connectivity index (χ0v) is 14.2. The molecule has 0 radical (unpaired) electrons. The molecule has 5 nitrogen and oxygen atoms in total. The van der Waals surface area contributed by atoms with Crippen molar-refractivity contribution in [2.75, 3.05) is 21.6 Å². The van der Waals surface area contributed by atoms with Gasteiger partial charge in [-0.15, -0.1) is 0 Å². The van der Waals surface area contributed by atoms with Gasteiger partial charge in [0.15, 0.2) is 5.11 Å². The van der Waals surface area contributed by atoms with E-state index in [0.717, 1.165) is 11.8 Å². The van der Waals surface area contributed by atoms with Crippen molar-refractivity contribution >= 4 is 44.4 Å². The Hall–Kier alpha value is -2.19. The molecule has 23 heavy (non-hydrogen) atoms. The number of anilines is 3. The Morgan fingerprint density at radius 2 is 1.65 bits per heavy atom. The summed E-state index contributed by atoms with van der Waals surface area (Å²) in [7, 11) is -3.35. The highest BCUT2D eigenvalue weighted by Gasteiger charge is 2.06. The lowest BCUT2D eigenvalue weighted by Gasteiger charge is -2.14.